The average Bonchev–Trinajstić information content (AvgIpc) is 3.04. The number of ether oxygens (including phenoxy) is 1. The van der Waals surface area contributed by atoms with Gasteiger partial charge in [0.1, 0.15) is 5.75 Å². The van der Waals surface area contributed by atoms with Gasteiger partial charge in [-0.05, 0) is 67.6 Å². The molecule has 2 aliphatic rings. The third-order valence-electron chi connectivity index (χ3n) is 4.94. The molecule has 2 nitrogen and oxygen atoms in total. The molecule has 0 amide bonds. The fraction of sp³-hybridized carbons (Fsp3) is 0.333. The van der Waals surface area contributed by atoms with Gasteiger partial charge in [0.15, 0.2) is 0 Å². The van der Waals surface area contributed by atoms with Gasteiger partial charge in [0, 0.05) is 16.6 Å². The molecule has 4 rings (SSSR count). The number of halogens is 1. The minimum absolute atomic E-state index is 0.198. The normalized spacial score (nSPS) is 24.4. The van der Waals surface area contributed by atoms with Gasteiger partial charge in [-0.25, -0.2) is 0 Å². The van der Waals surface area contributed by atoms with Crippen LogP contribution < -0.4 is 10.1 Å². The van der Waals surface area contributed by atoms with Crippen molar-refractivity contribution in [3.63, 3.8) is 0 Å². The highest BCUT2D eigenvalue weighted by Crippen LogP contribution is 2.50. The quantitative estimate of drug-likeness (QED) is 0.697. The second-order valence-corrected chi connectivity index (χ2v) is 7.38. The molecule has 0 saturated carbocycles. The van der Waals surface area contributed by atoms with E-state index >= 15 is 0 Å². The van der Waals surface area contributed by atoms with Crippen LogP contribution in [-0.4, -0.2) is 6.10 Å². The van der Waals surface area contributed by atoms with Crippen molar-refractivity contribution in [3.8, 4) is 5.75 Å². The molecule has 0 unspecified atom stereocenters. The summed E-state index contributed by atoms with van der Waals surface area (Å²) in [6.45, 7) is 4.10. The monoisotopic (exact) mass is 339 g/mol. The molecule has 0 fully saturated rings. The van der Waals surface area contributed by atoms with Crippen LogP contribution in [0, 0.1) is 5.92 Å². The van der Waals surface area contributed by atoms with Crippen LogP contribution in [0.4, 0.5) is 5.69 Å². The largest absolute Gasteiger partial charge is 0.491 e. The molecule has 24 heavy (non-hydrogen) atoms. The number of hydrogen-bond acceptors (Lipinski definition) is 2. The molecule has 124 valence electrons. The van der Waals surface area contributed by atoms with Crippen LogP contribution in [-0.2, 0) is 0 Å². The van der Waals surface area contributed by atoms with Crippen molar-refractivity contribution >= 4 is 17.3 Å². The number of allylic oxidation sites excluding steroid dienone is 2. The minimum atomic E-state index is 0.198. The Balaban J connectivity index is 1.65. The summed E-state index contributed by atoms with van der Waals surface area (Å²) in [5, 5.41) is 4.54. The lowest BCUT2D eigenvalue weighted by Crippen LogP contribution is -2.29. The van der Waals surface area contributed by atoms with Crippen molar-refractivity contribution in [2.75, 3.05) is 5.32 Å². The van der Waals surface area contributed by atoms with Crippen molar-refractivity contribution < 1.29 is 4.74 Å². The van der Waals surface area contributed by atoms with Crippen molar-refractivity contribution in [1.82, 2.24) is 0 Å². The molecule has 0 radical (unpaired) electrons. The third kappa shape index (κ3) is 2.80. The molecule has 1 aliphatic heterocycles. The highest BCUT2D eigenvalue weighted by Gasteiger charge is 2.37. The van der Waals surface area contributed by atoms with Gasteiger partial charge in [-0.2, -0.15) is 0 Å². The van der Waals surface area contributed by atoms with E-state index in [1.165, 1.54) is 16.8 Å². The molecule has 1 N–H and O–H groups in total. The first-order valence-corrected chi connectivity index (χ1v) is 8.99. The fourth-order valence-electron chi connectivity index (χ4n) is 3.92. The number of anilines is 1. The SMILES string of the molecule is CC(C)Oc1ccc([C@@H]2Nc3ccc(Cl)cc3[C@@H]3C=CC[C@@H]32)cc1. The van der Waals surface area contributed by atoms with E-state index in [1.54, 1.807) is 0 Å². The van der Waals surface area contributed by atoms with Gasteiger partial charge in [-0.15, -0.1) is 0 Å². The highest BCUT2D eigenvalue weighted by molar-refractivity contribution is 6.30. The first kappa shape index (κ1) is 15.6. The van der Waals surface area contributed by atoms with Crippen LogP contribution in [0.15, 0.2) is 54.6 Å². The summed E-state index contributed by atoms with van der Waals surface area (Å²) >= 11 is 6.21. The topological polar surface area (TPSA) is 21.3 Å². The van der Waals surface area contributed by atoms with Crippen molar-refractivity contribution in [1.29, 1.82) is 0 Å². The molecular formula is C21H22ClNO. The molecule has 0 spiro atoms. The minimum Gasteiger partial charge on any atom is -0.491 e. The van der Waals surface area contributed by atoms with Gasteiger partial charge in [0.05, 0.1) is 12.1 Å². The van der Waals surface area contributed by atoms with Gasteiger partial charge in [0.2, 0.25) is 0 Å². The number of hydrogen-bond donors (Lipinski definition) is 1. The van der Waals surface area contributed by atoms with Gasteiger partial charge in [0.25, 0.3) is 0 Å². The average molecular weight is 340 g/mol. The molecule has 0 saturated heterocycles. The summed E-state index contributed by atoms with van der Waals surface area (Å²) in [6, 6.07) is 15.0. The van der Waals surface area contributed by atoms with E-state index in [2.05, 4.69) is 53.9 Å². The molecule has 3 atom stereocenters. The van der Waals surface area contributed by atoms with E-state index in [9.17, 15) is 0 Å². The van der Waals surface area contributed by atoms with Crippen LogP contribution in [0.5, 0.6) is 5.75 Å². The standard InChI is InChI=1S/C21H22ClNO/c1-13(2)24-16-9-6-14(7-10-16)21-18-5-3-4-17(18)19-12-15(22)8-11-20(19)23-21/h3-4,6-13,17-18,21,23H,5H2,1-2H3/t17-,18+,21+/m1/s1. The van der Waals surface area contributed by atoms with Crippen molar-refractivity contribution in [2.45, 2.75) is 38.3 Å². The highest BCUT2D eigenvalue weighted by atomic mass is 35.5. The van der Waals surface area contributed by atoms with Crippen LogP contribution in [0.3, 0.4) is 0 Å². The zero-order valence-corrected chi connectivity index (χ0v) is 14.8. The first-order chi connectivity index (χ1) is 11.6. The molecule has 0 aromatic heterocycles. The number of rotatable bonds is 3. The maximum Gasteiger partial charge on any atom is 0.119 e. The van der Waals surface area contributed by atoms with Crippen LogP contribution >= 0.6 is 11.6 Å². The van der Waals surface area contributed by atoms with E-state index < -0.39 is 0 Å². The van der Waals surface area contributed by atoms with Crippen LogP contribution in [0.1, 0.15) is 43.4 Å². The Bertz CT molecular complexity index is 766. The molecule has 3 heteroatoms. The van der Waals surface area contributed by atoms with E-state index in [-0.39, 0.29) is 6.10 Å². The lowest BCUT2D eigenvalue weighted by molar-refractivity contribution is 0.242. The van der Waals surface area contributed by atoms with E-state index in [0.29, 0.717) is 17.9 Å². The molecular weight excluding hydrogens is 318 g/mol. The predicted molar refractivity (Wildman–Crippen MR) is 100 cm³/mol. The Labute approximate surface area is 148 Å². The van der Waals surface area contributed by atoms with Crippen LogP contribution in [0.25, 0.3) is 0 Å². The van der Waals surface area contributed by atoms with Gasteiger partial charge < -0.3 is 10.1 Å². The smallest absolute Gasteiger partial charge is 0.119 e. The van der Waals surface area contributed by atoms with Gasteiger partial charge >= 0.3 is 0 Å². The summed E-state index contributed by atoms with van der Waals surface area (Å²) in [7, 11) is 0. The van der Waals surface area contributed by atoms with Gasteiger partial charge in [-0.3, -0.25) is 0 Å². The molecule has 2 aromatic carbocycles. The van der Waals surface area contributed by atoms with Crippen molar-refractivity contribution in [3.05, 3.63) is 70.8 Å². The van der Waals surface area contributed by atoms with Gasteiger partial charge in [-0.1, -0.05) is 35.9 Å². The maximum absolute atomic E-state index is 6.21. The van der Waals surface area contributed by atoms with E-state index in [4.69, 9.17) is 16.3 Å². The molecule has 0 bridgehead atoms. The maximum atomic E-state index is 6.21. The van der Waals surface area contributed by atoms with E-state index in [0.717, 1.165) is 17.2 Å². The lowest BCUT2D eigenvalue weighted by Gasteiger charge is -2.37. The lowest BCUT2D eigenvalue weighted by atomic mass is 9.77. The third-order valence-corrected chi connectivity index (χ3v) is 5.17. The molecule has 2 aromatic rings. The predicted octanol–water partition coefficient (Wildman–Crippen LogP) is 5.95. The number of nitrogens with one attached hydrogen (secondary N) is 1. The second kappa shape index (κ2) is 6.18. The number of fused-ring (bicyclic) bond motifs is 3. The summed E-state index contributed by atoms with van der Waals surface area (Å²) < 4.78 is 5.77. The van der Waals surface area contributed by atoms with Crippen molar-refractivity contribution in [2.24, 2.45) is 5.92 Å². The zero-order valence-electron chi connectivity index (χ0n) is 14.0. The Morgan fingerprint density at radius 1 is 1.12 bits per heavy atom. The second-order valence-electron chi connectivity index (χ2n) is 6.94. The molecule has 1 aliphatic carbocycles. The van der Waals surface area contributed by atoms with Crippen LogP contribution in [0.2, 0.25) is 5.02 Å². The zero-order chi connectivity index (χ0) is 16.7. The summed E-state index contributed by atoms with van der Waals surface area (Å²) in [5.41, 5.74) is 3.82. The Morgan fingerprint density at radius 2 is 1.92 bits per heavy atom. The Kier molecular flexibility index (Phi) is 4.01. The summed E-state index contributed by atoms with van der Waals surface area (Å²) in [6.07, 6.45) is 5.93. The summed E-state index contributed by atoms with van der Waals surface area (Å²) in [5.74, 6) is 1.90. The first-order valence-electron chi connectivity index (χ1n) is 8.61. The Hall–Kier alpha value is -1.93. The molecule has 1 heterocycles. The number of benzene rings is 2. The fourth-order valence-corrected chi connectivity index (χ4v) is 4.10. The summed E-state index contributed by atoms with van der Waals surface area (Å²) in [4.78, 5) is 0. The Morgan fingerprint density at radius 3 is 2.67 bits per heavy atom. The van der Waals surface area contributed by atoms with E-state index in [1.807, 2.05) is 19.9 Å².